The third-order valence-corrected chi connectivity index (χ3v) is 4.19. The van der Waals surface area contributed by atoms with E-state index in [2.05, 4.69) is 48.0 Å². The summed E-state index contributed by atoms with van der Waals surface area (Å²) in [5.41, 5.74) is 8.48. The minimum absolute atomic E-state index is 0.679. The van der Waals surface area contributed by atoms with Crippen molar-refractivity contribution in [3.8, 4) is 0 Å². The van der Waals surface area contributed by atoms with Crippen molar-refractivity contribution in [2.75, 3.05) is 33.2 Å². The number of nitrogens with two attached hydrogens (primary N) is 1. The third kappa shape index (κ3) is 4.03. The first kappa shape index (κ1) is 14.5. The molecule has 1 saturated heterocycles. The second kappa shape index (κ2) is 7.04. The van der Waals surface area contributed by atoms with Gasteiger partial charge in [0.25, 0.3) is 0 Å². The van der Waals surface area contributed by atoms with Crippen molar-refractivity contribution in [2.24, 2.45) is 5.73 Å². The topological polar surface area (TPSA) is 32.5 Å². The van der Waals surface area contributed by atoms with Gasteiger partial charge in [0, 0.05) is 38.8 Å². The van der Waals surface area contributed by atoms with Crippen LogP contribution < -0.4 is 5.73 Å². The Morgan fingerprint density at radius 3 is 2.58 bits per heavy atom. The number of nitrogens with zero attached hydrogens (tertiary/aromatic N) is 2. The number of hydrogen-bond acceptors (Lipinski definition) is 3. The van der Waals surface area contributed by atoms with E-state index >= 15 is 0 Å². The summed E-state index contributed by atoms with van der Waals surface area (Å²) in [7, 11) is 2.19. The molecule has 1 aliphatic heterocycles. The Balaban J connectivity index is 1.84. The normalized spacial score (nSPS) is 20.3. The molecule has 19 heavy (non-hydrogen) atoms. The molecule has 1 fully saturated rings. The largest absolute Gasteiger partial charge is 0.329 e. The second-order valence-electron chi connectivity index (χ2n) is 5.62. The molecule has 1 aromatic carbocycles. The minimum Gasteiger partial charge on any atom is -0.329 e. The lowest BCUT2D eigenvalue weighted by atomic mass is 10.1. The van der Waals surface area contributed by atoms with E-state index in [1.54, 1.807) is 0 Å². The molecule has 0 radical (unpaired) electrons. The number of likely N-dealkylation sites (N-methyl/N-ethyl adjacent to an activating group) is 1. The zero-order chi connectivity index (χ0) is 13.7. The molecular formula is C16H27N3. The van der Waals surface area contributed by atoms with Gasteiger partial charge in [0.15, 0.2) is 0 Å². The number of hydrogen-bond donors (Lipinski definition) is 1. The molecule has 0 aliphatic carbocycles. The van der Waals surface area contributed by atoms with Crippen LogP contribution in [-0.2, 0) is 13.0 Å². The van der Waals surface area contributed by atoms with Gasteiger partial charge in [-0.05, 0) is 31.0 Å². The average Bonchev–Trinajstić information content (AvgIpc) is 2.88. The molecule has 1 aliphatic rings. The highest BCUT2D eigenvalue weighted by Crippen LogP contribution is 2.17. The number of rotatable bonds is 6. The quantitative estimate of drug-likeness (QED) is 0.846. The Hall–Kier alpha value is -0.900. The first-order valence-corrected chi connectivity index (χ1v) is 7.43. The summed E-state index contributed by atoms with van der Waals surface area (Å²) in [6.45, 7) is 7.42. The fourth-order valence-corrected chi connectivity index (χ4v) is 2.84. The van der Waals surface area contributed by atoms with Crippen LogP contribution >= 0.6 is 0 Å². The van der Waals surface area contributed by atoms with E-state index in [1.165, 1.54) is 30.6 Å². The molecule has 0 bridgehead atoms. The van der Waals surface area contributed by atoms with Crippen LogP contribution in [0.5, 0.6) is 0 Å². The lowest BCUT2D eigenvalue weighted by Gasteiger charge is -2.24. The van der Waals surface area contributed by atoms with Gasteiger partial charge in [-0.25, -0.2) is 0 Å². The maximum Gasteiger partial charge on any atom is 0.0234 e. The van der Waals surface area contributed by atoms with Gasteiger partial charge in [0.05, 0.1) is 0 Å². The molecule has 1 aromatic rings. The van der Waals surface area contributed by atoms with Crippen molar-refractivity contribution < 1.29 is 0 Å². The van der Waals surface area contributed by atoms with Crippen LogP contribution in [-0.4, -0.2) is 49.1 Å². The maximum absolute atomic E-state index is 5.63. The molecule has 0 amide bonds. The summed E-state index contributed by atoms with van der Waals surface area (Å²) in [5.74, 6) is 0. The van der Waals surface area contributed by atoms with Gasteiger partial charge in [-0.3, -0.25) is 4.90 Å². The van der Waals surface area contributed by atoms with Gasteiger partial charge in [0.1, 0.15) is 0 Å². The van der Waals surface area contributed by atoms with Crippen molar-refractivity contribution >= 4 is 0 Å². The number of benzene rings is 1. The van der Waals surface area contributed by atoms with E-state index in [0.717, 1.165) is 26.1 Å². The number of aryl methyl sites for hydroxylation is 1. The van der Waals surface area contributed by atoms with Crippen LogP contribution in [0.2, 0.25) is 0 Å². The Kier molecular flexibility index (Phi) is 5.37. The highest BCUT2D eigenvalue weighted by Gasteiger charge is 2.24. The number of likely N-dealkylation sites (tertiary alicyclic amines) is 1. The highest BCUT2D eigenvalue weighted by atomic mass is 15.2. The summed E-state index contributed by atoms with van der Waals surface area (Å²) in [6, 6.07) is 9.73. The molecule has 2 rings (SSSR count). The third-order valence-electron chi connectivity index (χ3n) is 4.19. The van der Waals surface area contributed by atoms with Crippen LogP contribution in [0.4, 0.5) is 0 Å². The molecule has 1 heterocycles. The van der Waals surface area contributed by atoms with E-state index in [-0.39, 0.29) is 0 Å². The van der Waals surface area contributed by atoms with Crippen molar-refractivity contribution in [3.63, 3.8) is 0 Å². The molecule has 0 saturated carbocycles. The van der Waals surface area contributed by atoms with Crippen LogP contribution in [0.15, 0.2) is 24.3 Å². The van der Waals surface area contributed by atoms with Crippen LogP contribution in [0.3, 0.4) is 0 Å². The lowest BCUT2D eigenvalue weighted by Crippen LogP contribution is -2.37. The summed E-state index contributed by atoms with van der Waals surface area (Å²) >= 11 is 0. The van der Waals surface area contributed by atoms with Gasteiger partial charge < -0.3 is 10.6 Å². The first-order chi connectivity index (χ1) is 9.22. The standard InChI is InChI=1S/C16H27N3/c1-3-14-4-6-15(7-5-14)12-19-10-8-16(13-19)18(2)11-9-17/h4-7,16H,3,8-13,17H2,1-2H3. The smallest absolute Gasteiger partial charge is 0.0234 e. The first-order valence-electron chi connectivity index (χ1n) is 7.43. The fourth-order valence-electron chi connectivity index (χ4n) is 2.84. The van der Waals surface area contributed by atoms with E-state index in [4.69, 9.17) is 5.73 Å². The highest BCUT2D eigenvalue weighted by molar-refractivity contribution is 5.22. The second-order valence-corrected chi connectivity index (χ2v) is 5.62. The van der Waals surface area contributed by atoms with Crippen molar-refractivity contribution in [1.82, 2.24) is 9.80 Å². The minimum atomic E-state index is 0.679. The van der Waals surface area contributed by atoms with Crippen molar-refractivity contribution in [2.45, 2.75) is 32.4 Å². The van der Waals surface area contributed by atoms with E-state index in [0.29, 0.717) is 6.04 Å². The fraction of sp³-hybridized carbons (Fsp3) is 0.625. The zero-order valence-electron chi connectivity index (χ0n) is 12.3. The predicted molar refractivity (Wildman–Crippen MR) is 81.2 cm³/mol. The predicted octanol–water partition coefficient (Wildman–Crippen LogP) is 1.71. The molecule has 0 spiro atoms. The molecule has 1 atom stereocenters. The molecule has 106 valence electrons. The van der Waals surface area contributed by atoms with E-state index in [1.807, 2.05) is 0 Å². The Labute approximate surface area is 117 Å². The Bertz CT molecular complexity index is 374. The molecule has 1 unspecified atom stereocenters. The van der Waals surface area contributed by atoms with Crippen molar-refractivity contribution in [1.29, 1.82) is 0 Å². The van der Waals surface area contributed by atoms with Crippen LogP contribution in [0.1, 0.15) is 24.5 Å². The van der Waals surface area contributed by atoms with Gasteiger partial charge in [-0.1, -0.05) is 31.2 Å². The molecule has 0 aromatic heterocycles. The van der Waals surface area contributed by atoms with Crippen LogP contribution in [0, 0.1) is 0 Å². The summed E-state index contributed by atoms with van der Waals surface area (Å²) in [4.78, 5) is 4.96. The van der Waals surface area contributed by atoms with E-state index < -0.39 is 0 Å². The van der Waals surface area contributed by atoms with Gasteiger partial charge in [-0.2, -0.15) is 0 Å². The SMILES string of the molecule is CCc1ccc(CN2CCC(N(C)CCN)C2)cc1. The molecular weight excluding hydrogens is 234 g/mol. The van der Waals surface area contributed by atoms with Gasteiger partial charge >= 0.3 is 0 Å². The molecule has 3 heteroatoms. The Morgan fingerprint density at radius 1 is 1.26 bits per heavy atom. The summed E-state index contributed by atoms with van der Waals surface area (Å²) in [5, 5.41) is 0. The van der Waals surface area contributed by atoms with Gasteiger partial charge in [0.2, 0.25) is 0 Å². The van der Waals surface area contributed by atoms with Gasteiger partial charge in [-0.15, -0.1) is 0 Å². The molecule has 2 N–H and O–H groups in total. The van der Waals surface area contributed by atoms with E-state index in [9.17, 15) is 0 Å². The van der Waals surface area contributed by atoms with Crippen LogP contribution in [0.25, 0.3) is 0 Å². The van der Waals surface area contributed by atoms with Crippen molar-refractivity contribution in [3.05, 3.63) is 35.4 Å². The maximum atomic E-state index is 5.63. The average molecular weight is 261 g/mol. The Morgan fingerprint density at radius 2 is 1.95 bits per heavy atom. The summed E-state index contributed by atoms with van der Waals surface area (Å²) < 4.78 is 0. The lowest BCUT2D eigenvalue weighted by molar-refractivity contribution is 0.234. The monoisotopic (exact) mass is 261 g/mol. The zero-order valence-corrected chi connectivity index (χ0v) is 12.3. The summed E-state index contributed by atoms with van der Waals surface area (Å²) in [6.07, 6.45) is 2.39. The molecule has 3 nitrogen and oxygen atoms in total.